The molecule has 0 saturated carbocycles. The van der Waals surface area contributed by atoms with Gasteiger partial charge in [-0.05, 0) is 36.5 Å². The van der Waals surface area contributed by atoms with Crippen LogP contribution in [0.4, 0.5) is 0 Å². The molecule has 0 radical (unpaired) electrons. The SMILES string of the molecule is CS(=O)(=O)N1CCC2(CCN(Cl)C2)CC1. The first kappa shape index (κ1) is 11.6. The molecule has 2 aliphatic heterocycles. The van der Waals surface area contributed by atoms with Crippen LogP contribution in [0.5, 0.6) is 0 Å². The molecule has 0 amide bonds. The Morgan fingerprint density at radius 1 is 1.13 bits per heavy atom. The van der Waals surface area contributed by atoms with E-state index in [0.29, 0.717) is 13.1 Å². The predicted octanol–water partition coefficient (Wildman–Crippen LogP) is 0.888. The van der Waals surface area contributed by atoms with Gasteiger partial charge in [-0.25, -0.2) is 17.1 Å². The second-order valence-electron chi connectivity index (χ2n) is 4.76. The van der Waals surface area contributed by atoms with Gasteiger partial charge in [0.1, 0.15) is 0 Å². The van der Waals surface area contributed by atoms with E-state index >= 15 is 0 Å². The van der Waals surface area contributed by atoms with E-state index in [1.165, 1.54) is 6.26 Å². The molecule has 2 heterocycles. The van der Waals surface area contributed by atoms with Crippen LogP contribution in [0.25, 0.3) is 0 Å². The molecule has 2 fully saturated rings. The lowest BCUT2D eigenvalue weighted by Gasteiger charge is -2.37. The molecule has 6 heteroatoms. The van der Waals surface area contributed by atoms with Crippen molar-refractivity contribution in [3.63, 3.8) is 0 Å². The number of nitrogens with zero attached hydrogens (tertiary/aromatic N) is 2. The molecule has 1 spiro atoms. The monoisotopic (exact) mass is 252 g/mol. The summed E-state index contributed by atoms with van der Waals surface area (Å²) in [5.41, 5.74) is 0.281. The smallest absolute Gasteiger partial charge is 0.211 e. The van der Waals surface area contributed by atoms with Crippen LogP contribution >= 0.6 is 11.8 Å². The van der Waals surface area contributed by atoms with Gasteiger partial charge in [-0.3, -0.25) is 0 Å². The van der Waals surface area contributed by atoms with Crippen LogP contribution in [0, 0.1) is 5.41 Å². The van der Waals surface area contributed by atoms with Crippen molar-refractivity contribution in [1.82, 2.24) is 8.72 Å². The van der Waals surface area contributed by atoms with E-state index in [-0.39, 0.29) is 5.41 Å². The molecule has 0 aromatic rings. The quantitative estimate of drug-likeness (QED) is 0.651. The standard InChI is InChI=1S/C9H17ClN2O2S/c1-15(13,14)12-6-3-9(4-7-12)2-5-11(10)8-9/h2-8H2,1H3. The molecule has 15 heavy (non-hydrogen) atoms. The Labute approximate surface area is 96.3 Å². The summed E-state index contributed by atoms with van der Waals surface area (Å²) >= 11 is 5.96. The lowest BCUT2D eigenvalue weighted by atomic mass is 9.78. The molecule has 2 rings (SSSR count). The third-order valence-electron chi connectivity index (χ3n) is 3.64. The van der Waals surface area contributed by atoms with Gasteiger partial charge in [0.2, 0.25) is 10.0 Å². The molecule has 2 saturated heterocycles. The summed E-state index contributed by atoms with van der Waals surface area (Å²) in [6.07, 6.45) is 4.29. The zero-order valence-electron chi connectivity index (χ0n) is 8.95. The average Bonchev–Trinajstić information content (AvgIpc) is 2.47. The lowest BCUT2D eigenvalue weighted by Crippen LogP contribution is -2.43. The van der Waals surface area contributed by atoms with Gasteiger partial charge in [0.15, 0.2) is 0 Å². The first-order valence-electron chi connectivity index (χ1n) is 5.27. The maximum Gasteiger partial charge on any atom is 0.211 e. The van der Waals surface area contributed by atoms with Gasteiger partial charge in [-0.2, -0.15) is 0 Å². The van der Waals surface area contributed by atoms with Crippen molar-refractivity contribution in [1.29, 1.82) is 0 Å². The first-order valence-corrected chi connectivity index (χ1v) is 7.46. The fourth-order valence-electron chi connectivity index (χ4n) is 2.58. The molecule has 0 aromatic heterocycles. The third-order valence-corrected chi connectivity index (χ3v) is 5.24. The van der Waals surface area contributed by atoms with Gasteiger partial charge in [0, 0.05) is 26.2 Å². The number of hydrogen-bond donors (Lipinski definition) is 0. The average molecular weight is 253 g/mol. The van der Waals surface area contributed by atoms with Crippen LogP contribution in [-0.4, -0.2) is 49.6 Å². The van der Waals surface area contributed by atoms with Crippen molar-refractivity contribution in [2.24, 2.45) is 5.41 Å². The van der Waals surface area contributed by atoms with Gasteiger partial charge in [0.25, 0.3) is 0 Å². The Hall–Kier alpha value is 0.160. The van der Waals surface area contributed by atoms with E-state index in [9.17, 15) is 8.42 Å². The van der Waals surface area contributed by atoms with Gasteiger partial charge in [0.05, 0.1) is 6.26 Å². The number of hydrogen-bond acceptors (Lipinski definition) is 3. The molecule has 2 aliphatic rings. The highest BCUT2D eigenvalue weighted by Gasteiger charge is 2.41. The van der Waals surface area contributed by atoms with Crippen molar-refractivity contribution in [2.75, 3.05) is 32.4 Å². The molecule has 0 atom stereocenters. The summed E-state index contributed by atoms with van der Waals surface area (Å²) in [6.45, 7) is 3.15. The maximum atomic E-state index is 11.3. The Morgan fingerprint density at radius 3 is 2.07 bits per heavy atom. The van der Waals surface area contributed by atoms with E-state index in [0.717, 1.165) is 32.4 Å². The van der Waals surface area contributed by atoms with E-state index in [4.69, 9.17) is 11.8 Å². The fraction of sp³-hybridized carbons (Fsp3) is 1.00. The number of rotatable bonds is 1. The topological polar surface area (TPSA) is 40.6 Å². The van der Waals surface area contributed by atoms with Gasteiger partial charge < -0.3 is 0 Å². The zero-order chi connectivity index (χ0) is 11.1. The van der Waals surface area contributed by atoms with Crippen LogP contribution in [0.2, 0.25) is 0 Å². The van der Waals surface area contributed by atoms with Crippen LogP contribution in [0.3, 0.4) is 0 Å². The van der Waals surface area contributed by atoms with Gasteiger partial charge in [-0.15, -0.1) is 0 Å². The second-order valence-corrected chi connectivity index (χ2v) is 7.22. The van der Waals surface area contributed by atoms with Crippen molar-refractivity contribution in [2.45, 2.75) is 19.3 Å². The summed E-state index contributed by atoms with van der Waals surface area (Å²) in [5.74, 6) is 0. The highest BCUT2D eigenvalue weighted by Crippen LogP contribution is 2.41. The van der Waals surface area contributed by atoms with Crippen LogP contribution in [0.1, 0.15) is 19.3 Å². The minimum atomic E-state index is -3.00. The summed E-state index contributed by atoms with van der Waals surface area (Å²) < 4.78 is 26.1. The van der Waals surface area contributed by atoms with Crippen molar-refractivity contribution in [3.8, 4) is 0 Å². The van der Waals surface area contributed by atoms with E-state index in [2.05, 4.69) is 0 Å². The highest BCUT2D eigenvalue weighted by molar-refractivity contribution is 7.88. The lowest BCUT2D eigenvalue weighted by molar-refractivity contribution is 0.169. The maximum absolute atomic E-state index is 11.3. The minimum absolute atomic E-state index is 0.281. The normalized spacial score (nSPS) is 28.7. The zero-order valence-corrected chi connectivity index (χ0v) is 10.5. The number of halogens is 1. The Bertz CT molecular complexity index is 336. The Balaban J connectivity index is 1.98. The summed E-state index contributed by atoms with van der Waals surface area (Å²) in [4.78, 5) is 0. The molecule has 88 valence electrons. The molecule has 0 aliphatic carbocycles. The Morgan fingerprint density at radius 2 is 1.67 bits per heavy atom. The predicted molar refractivity (Wildman–Crippen MR) is 60.1 cm³/mol. The summed E-state index contributed by atoms with van der Waals surface area (Å²) in [6, 6.07) is 0. The molecule has 0 bridgehead atoms. The number of sulfonamides is 1. The summed E-state index contributed by atoms with van der Waals surface area (Å²) in [5, 5.41) is 0. The Kier molecular flexibility index (Phi) is 3.01. The molecular weight excluding hydrogens is 236 g/mol. The van der Waals surface area contributed by atoms with Crippen molar-refractivity contribution >= 4 is 21.8 Å². The van der Waals surface area contributed by atoms with Crippen molar-refractivity contribution in [3.05, 3.63) is 0 Å². The third kappa shape index (κ3) is 2.46. The minimum Gasteiger partial charge on any atom is -0.220 e. The molecule has 4 nitrogen and oxygen atoms in total. The largest absolute Gasteiger partial charge is 0.220 e. The van der Waals surface area contributed by atoms with E-state index < -0.39 is 10.0 Å². The van der Waals surface area contributed by atoms with E-state index in [1.54, 1.807) is 4.31 Å². The van der Waals surface area contributed by atoms with Crippen LogP contribution in [-0.2, 0) is 10.0 Å². The molecule has 0 unspecified atom stereocenters. The summed E-state index contributed by atoms with van der Waals surface area (Å²) in [7, 11) is -3.00. The van der Waals surface area contributed by atoms with Crippen molar-refractivity contribution < 1.29 is 8.42 Å². The fourth-order valence-corrected chi connectivity index (χ4v) is 3.76. The first-order chi connectivity index (χ1) is 6.91. The molecule has 0 N–H and O–H groups in total. The van der Waals surface area contributed by atoms with Crippen LogP contribution < -0.4 is 0 Å². The van der Waals surface area contributed by atoms with Crippen LogP contribution in [0.15, 0.2) is 0 Å². The highest BCUT2D eigenvalue weighted by atomic mass is 35.5. The number of piperidine rings is 1. The second kappa shape index (κ2) is 3.87. The van der Waals surface area contributed by atoms with Gasteiger partial charge in [-0.1, -0.05) is 0 Å². The van der Waals surface area contributed by atoms with Gasteiger partial charge >= 0.3 is 0 Å². The molecular formula is C9H17ClN2O2S. The molecule has 0 aromatic carbocycles. The van der Waals surface area contributed by atoms with E-state index in [1.807, 2.05) is 4.42 Å².